The van der Waals surface area contributed by atoms with Crippen LogP contribution >= 0.6 is 0 Å². The number of likely N-dealkylation sites (tertiary alicyclic amines) is 1. The first-order chi connectivity index (χ1) is 11.0. The number of carbonyl (C=O) groups is 2. The van der Waals surface area contributed by atoms with Crippen LogP contribution in [0.25, 0.3) is 0 Å². The molecule has 0 radical (unpaired) electrons. The monoisotopic (exact) mass is 316 g/mol. The smallest absolute Gasteiger partial charge is 0.320 e. The number of benzene rings is 1. The van der Waals surface area contributed by atoms with Crippen LogP contribution in [0.2, 0.25) is 0 Å². The molecule has 0 bridgehead atoms. The molecule has 0 spiro atoms. The minimum atomic E-state index is -0.813. The maximum atomic E-state index is 12.7. The number of hydrogen-bond donors (Lipinski definition) is 1. The SMILES string of the molecule is Cc1ccc(CN(C(=O)CN2CCC[C@H]2C(=O)O)C2CC2)cc1. The summed E-state index contributed by atoms with van der Waals surface area (Å²) < 4.78 is 0. The number of hydrogen-bond acceptors (Lipinski definition) is 3. The van der Waals surface area contributed by atoms with Gasteiger partial charge >= 0.3 is 5.97 Å². The van der Waals surface area contributed by atoms with Crippen LogP contribution in [-0.4, -0.2) is 52.0 Å². The lowest BCUT2D eigenvalue weighted by atomic mass is 10.1. The molecule has 1 saturated carbocycles. The van der Waals surface area contributed by atoms with Gasteiger partial charge in [0.25, 0.3) is 0 Å². The van der Waals surface area contributed by atoms with Gasteiger partial charge in [-0.3, -0.25) is 14.5 Å². The Morgan fingerprint density at radius 2 is 1.91 bits per heavy atom. The van der Waals surface area contributed by atoms with Gasteiger partial charge in [-0.25, -0.2) is 0 Å². The van der Waals surface area contributed by atoms with Gasteiger partial charge in [0.05, 0.1) is 6.54 Å². The number of carbonyl (C=O) groups excluding carboxylic acids is 1. The zero-order chi connectivity index (χ0) is 16.4. The molecule has 23 heavy (non-hydrogen) atoms. The Hall–Kier alpha value is -1.88. The highest BCUT2D eigenvalue weighted by Gasteiger charge is 2.36. The third kappa shape index (κ3) is 3.91. The molecule has 2 aliphatic rings. The van der Waals surface area contributed by atoms with E-state index in [2.05, 4.69) is 24.3 Å². The summed E-state index contributed by atoms with van der Waals surface area (Å²) in [6, 6.07) is 8.08. The lowest BCUT2D eigenvalue weighted by Crippen LogP contribution is -2.45. The van der Waals surface area contributed by atoms with Crippen molar-refractivity contribution < 1.29 is 14.7 Å². The number of carboxylic acid groups (broad SMARTS) is 1. The molecule has 1 heterocycles. The molecule has 5 heteroatoms. The maximum absolute atomic E-state index is 12.7. The van der Waals surface area contributed by atoms with E-state index >= 15 is 0 Å². The highest BCUT2D eigenvalue weighted by atomic mass is 16.4. The lowest BCUT2D eigenvalue weighted by Gasteiger charge is -2.27. The van der Waals surface area contributed by atoms with E-state index < -0.39 is 12.0 Å². The summed E-state index contributed by atoms with van der Waals surface area (Å²) in [6.45, 7) is 3.59. The highest BCUT2D eigenvalue weighted by Crippen LogP contribution is 2.29. The Morgan fingerprint density at radius 3 is 2.52 bits per heavy atom. The van der Waals surface area contributed by atoms with Crippen LogP contribution in [-0.2, 0) is 16.1 Å². The Bertz CT molecular complexity index is 580. The van der Waals surface area contributed by atoms with Crippen LogP contribution in [0.1, 0.15) is 36.8 Å². The average molecular weight is 316 g/mol. The second kappa shape index (κ2) is 6.71. The number of amides is 1. The van der Waals surface area contributed by atoms with E-state index in [1.165, 1.54) is 5.56 Å². The van der Waals surface area contributed by atoms with Gasteiger partial charge in [0.15, 0.2) is 0 Å². The molecule has 2 fully saturated rings. The van der Waals surface area contributed by atoms with Crippen molar-refractivity contribution in [3.63, 3.8) is 0 Å². The van der Waals surface area contributed by atoms with Crippen LogP contribution in [0.4, 0.5) is 0 Å². The molecule has 124 valence electrons. The molecule has 0 unspecified atom stereocenters. The fourth-order valence-electron chi connectivity index (χ4n) is 3.26. The van der Waals surface area contributed by atoms with Crippen molar-refractivity contribution in [3.8, 4) is 0 Å². The summed E-state index contributed by atoms with van der Waals surface area (Å²) in [5.74, 6) is -0.756. The summed E-state index contributed by atoms with van der Waals surface area (Å²) in [5.41, 5.74) is 2.34. The molecule has 1 aromatic rings. The van der Waals surface area contributed by atoms with Crippen LogP contribution in [0.15, 0.2) is 24.3 Å². The van der Waals surface area contributed by atoms with E-state index in [-0.39, 0.29) is 12.5 Å². The van der Waals surface area contributed by atoms with Gasteiger partial charge in [-0.05, 0) is 44.7 Å². The van der Waals surface area contributed by atoms with Gasteiger partial charge in [-0.1, -0.05) is 29.8 Å². The summed E-state index contributed by atoms with van der Waals surface area (Å²) in [4.78, 5) is 27.7. The predicted molar refractivity (Wildman–Crippen MR) is 87.0 cm³/mol. The number of rotatable bonds is 6. The molecule has 1 N–H and O–H groups in total. The number of carboxylic acids is 1. The van der Waals surface area contributed by atoms with Gasteiger partial charge in [0.2, 0.25) is 5.91 Å². The quantitative estimate of drug-likeness (QED) is 0.872. The van der Waals surface area contributed by atoms with Crippen molar-refractivity contribution in [2.24, 2.45) is 0 Å². The molecular formula is C18H24N2O3. The summed E-state index contributed by atoms with van der Waals surface area (Å²) in [5, 5.41) is 9.25. The Balaban J connectivity index is 1.65. The number of aryl methyl sites for hydroxylation is 1. The van der Waals surface area contributed by atoms with E-state index in [1.54, 1.807) is 0 Å². The molecule has 1 aliphatic heterocycles. The van der Waals surface area contributed by atoms with Crippen LogP contribution in [0, 0.1) is 6.92 Å². The van der Waals surface area contributed by atoms with Crippen molar-refractivity contribution in [2.45, 2.75) is 51.2 Å². The van der Waals surface area contributed by atoms with E-state index in [0.29, 0.717) is 25.6 Å². The fraction of sp³-hybridized carbons (Fsp3) is 0.556. The zero-order valence-corrected chi connectivity index (χ0v) is 13.6. The van der Waals surface area contributed by atoms with Gasteiger partial charge < -0.3 is 10.0 Å². The average Bonchev–Trinajstić information content (AvgIpc) is 3.25. The molecular weight excluding hydrogens is 292 g/mol. The first-order valence-electron chi connectivity index (χ1n) is 8.36. The van der Waals surface area contributed by atoms with E-state index in [4.69, 9.17) is 0 Å². The van der Waals surface area contributed by atoms with Crippen LogP contribution < -0.4 is 0 Å². The second-order valence-electron chi connectivity index (χ2n) is 6.71. The minimum absolute atomic E-state index is 0.0567. The topological polar surface area (TPSA) is 60.9 Å². The first kappa shape index (κ1) is 16.0. The standard InChI is InChI=1S/C18H24N2O3/c1-13-4-6-14(7-5-13)11-20(15-8-9-15)17(21)12-19-10-2-3-16(19)18(22)23/h4-7,15-16H,2-3,8-12H2,1H3,(H,22,23)/t16-/m0/s1. The van der Waals surface area contributed by atoms with Gasteiger partial charge in [0.1, 0.15) is 6.04 Å². The molecule has 5 nitrogen and oxygen atoms in total. The third-order valence-corrected chi connectivity index (χ3v) is 4.77. The first-order valence-corrected chi connectivity index (χ1v) is 8.36. The van der Waals surface area contributed by atoms with Gasteiger partial charge in [-0.15, -0.1) is 0 Å². The summed E-state index contributed by atoms with van der Waals surface area (Å²) >= 11 is 0. The Kier molecular flexibility index (Phi) is 4.66. The third-order valence-electron chi connectivity index (χ3n) is 4.77. The zero-order valence-electron chi connectivity index (χ0n) is 13.6. The molecule has 1 saturated heterocycles. The molecule has 1 atom stereocenters. The Morgan fingerprint density at radius 1 is 1.22 bits per heavy atom. The minimum Gasteiger partial charge on any atom is -0.480 e. The largest absolute Gasteiger partial charge is 0.480 e. The van der Waals surface area contributed by atoms with E-state index in [0.717, 1.165) is 24.8 Å². The highest BCUT2D eigenvalue weighted by molar-refractivity contribution is 5.80. The maximum Gasteiger partial charge on any atom is 0.320 e. The summed E-state index contributed by atoms with van der Waals surface area (Å²) in [6.07, 6.45) is 3.61. The molecule has 1 aromatic carbocycles. The van der Waals surface area contributed by atoms with Crippen LogP contribution in [0.5, 0.6) is 0 Å². The molecule has 1 amide bonds. The van der Waals surface area contributed by atoms with Crippen molar-refractivity contribution in [2.75, 3.05) is 13.1 Å². The molecule has 1 aliphatic carbocycles. The van der Waals surface area contributed by atoms with Crippen molar-refractivity contribution in [3.05, 3.63) is 35.4 Å². The molecule has 0 aromatic heterocycles. The second-order valence-corrected chi connectivity index (χ2v) is 6.71. The van der Waals surface area contributed by atoms with E-state index in [1.807, 2.05) is 16.7 Å². The lowest BCUT2D eigenvalue weighted by molar-refractivity contribution is -0.143. The van der Waals surface area contributed by atoms with Gasteiger partial charge in [0, 0.05) is 12.6 Å². The van der Waals surface area contributed by atoms with E-state index in [9.17, 15) is 14.7 Å². The predicted octanol–water partition coefficient (Wildman–Crippen LogP) is 2.04. The van der Waals surface area contributed by atoms with Crippen LogP contribution in [0.3, 0.4) is 0 Å². The summed E-state index contributed by atoms with van der Waals surface area (Å²) in [7, 11) is 0. The van der Waals surface area contributed by atoms with Crippen molar-refractivity contribution >= 4 is 11.9 Å². The van der Waals surface area contributed by atoms with Crippen molar-refractivity contribution in [1.82, 2.24) is 9.80 Å². The Labute approximate surface area is 136 Å². The molecule has 3 rings (SSSR count). The number of aliphatic carboxylic acids is 1. The number of nitrogens with zero attached hydrogens (tertiary/aromatic N) is 2. The fourth-order valence-corrected chi connectivity index (χ4v) is 3.26. The van der Waals surface area contributed by atoms with Gasteiger partial charge in [-0.2, -0.15) is 0 Å². The normalized spacial score (nSPS) is 21.3. The van der Waals surface area contributed by atoms with Crippen molar-refractivity contribution in [1.29, 1.82) is 0 Å².